The highest BCUT2D eigenvalue weighted by atomic mass is 35.5. The van der Waals surface area contributed by atoms with Crippen LogP contribution in [0.1, 0.15) is 10.4 Å². The van der Waals surface area contributed by atoms with Crippen LogP contribution < -0.4 is 5.73 Å². The molecule has 3 nitrogen and oxygen atoms in total. The first-order chi connectivity index (χ1) is 8.09. The van der Waals surface area contributed by atoms with E-state index in [2.05, 4.69) is 0 Å². The molecule has 1 amide bonds. The summed E-state index contributed by atoms with van der Waals surface area (Å²) in [6.07, 6.45) is 0. The third-order valence-corrected chi connectivity index (χ3v) is 2.67. The van der Waals surface area contributed by atoms with Gasteiger partial charge in [0.05, 0.1) is 5.56 Å². The molecule has 4 heteroatoms. The van der Waals surface area contributed by atoms with Gasteiger partial charge in [0.25, 0.3) is 5.91 Å². The summed E-state index contributed by atoms with van der Waals surface area (Å²) in [5.74, 6) is -0.784. The molecular formula is C13H10ClNO2. The second-order valence-electron chi connectivity index (χ2n) is 3.58. The number of hydrogen-bond acceptors (Lipinski definition) is 2. The normalized spacial score (nSPS) is 10.2. The van der Waals surface area contributed by atoms with Crippen molar-refractivity contribution in [2.24, 2.45) is 5.73 Å². The van der Waals surface area contributed by atoms with Crippen molar-refractivity contribution in [2.75, 3.05) is 0 Å². The smallest absolute Gasteiger partial charge is 0.252 e. The predicted molar refractivity (Wildman–Crippen MR) is 67.1 cm³/mol. The van der Waals surface area contributed by atoms with Crippen molar-refractivity contribution in [3.05, 3.63) is 53.1 Å². The first-order valence-electron chi connectivity index (χ1n) is 4.97. The summed E-state index contributed by atoms with van der Waals surface area (Å²) in [7, 11) is 0. The number of nitrogens with two attached hydrogens (primary N) is 1. The highest BCUT2D eigenvalue weighted by molar-refractivity contribution is 6.30. The molecule has 0 radical (unpaired) electrons. The Morgan fingerprint density at radius 2 is 1.88 bits per heavy atom. The summed E-state index contributed by atoms with van der Waals surface area (Å²) >= 11 is 5.88. The van der Waals surface area contributed by atoms with Crippen molar-refractivity contribution in [1.82, 2.24) is 0 Å². The Bertz CT molecular complexity index is 581. The lowest BCUT2D eigenvalue weighted by molar-refractivity contribution is 0.0998. The van der Waals surface area contributed by atoms with Gasteiger partial charge in [-0.1, -0.05) is 35.9 Å². The molecule has 0 aliphatic rings. The number of hydrogen-bond donors (Lipinski definition) is 2. The predicted octanol–water partition coefficient (Wildman–Crippen LogP) is 2.81. The fraction of sp³-hybridized carbons (Fsp3) is 0. The van der Waals surface area contributed by atoms with Gasteiger partial charge >= 0.3 is 0 Å². The van der Waals surface area contributed by atoms with Gasteiger partial charge in [-0.3, -0.25) is 4.79 Å². The van der Waals surface area contributed by atoms with Crippen LogP contribution in [0.25, 0.3) is 11.1 Å². The molecule has 0 saturated carbocycles. The molecule has 0 saturated heterocycles. The van der Waals surface area contributed by atoms with E-state index in [4.69, 9.17) is 17.3 Å². The zero-order valence-electron chi connectivity index (χ0n) is 8.85. The maximum atomic E-state index is 11.1. The minimum atomic E-state index is -0.661. The molecule has 0 aliphatic carbocycles. The number of carbonyl (C=O) groups is 1. The molecule has 86 valence electrons. The van der Waals surface area contributed by atoms with Crippen molar-refractivity contribution in [3.63, 3.8) is 0 Å². The summed E-state index contributed by atoms with van der Waals surface area (Å²) in [6.45, 7) is 0. The van der Waals surface area contributed by atoms with Gasteiger partial charge in [-0.25, -0.2) is 0 Å². The van der Waals surface area contributed by atoms with Gasteiger partial charge in [-0.05, 0) is 23.8 Å². The molecular weight excluding hydrogens is 238 g/mol. The third-order valence-electron chi connectivity index (χ3n) is 2.44. The quantitative estimate of drug-likeness (QED) is 0.857. The number of carbonyl (C=O) groups excluding carboxylic acids is 1. The summed E-state index contributed by atoms with van der Waals surface area (Å²) < 4.78 is 0. The van der Waals surface area contributed by atoms with E-state index in [1.54, 1.807) is 36.4 Å². The van der Waals surface area contributed by atoms with Crippen LogP contribution in [0.2, 0.25) is 5.02 Å². The summed E-state index contributed by atoms with van der Waals surface area (Å²) in [4.78, 5) is 11.1. The number of phenols is 1. The maximum Gasteiger partial charge on any atom is 0.252 e. The van der Waals surface area contributed by atoms with E-state index >= 15 is 0 Å². The number of rotatable bonds is 2. The van der Waals surface area contributed by atoms with Crippen LogP contribution in [-0.4, -0.2) is 11.0 Å². The monoisotopic (exact) mass is 247 g/mol. The first-order valence-corrected chi connectivity index (χ1v) is 5.35. The SMILES string of the molecule is NC(=O)c1cccc(-c2cccc(Cl)c2)c1O. The van der Waals surface area contributed by atoms with Crippen molar-refractivity contribution < 1.29 is 9.90 Å². The van der Waals surface area contributed by atoms with Crippen LogP contribution in [-0.2, 0) is 0 Å². The van der Waals surface area contributed by atoms with Crippen LogP contribution in [0.15, 0.2) is 42.5 Å². The Morgan fingerprint density at radius 3 is 2.53 bits per heavy atom. The number of primary amides is 1. The van der Waals surface area contributed by atoms with Gasteiger partial charge in [-0.2, -0.15) is 0 Å². The fourth-order valence-electron chi connectivity index (χ4n) is 1.63. The van der Waals surface area contributed by atoms with Gasteiger partial charge in [0.2, 0.25) is 0 Å². The van der Waals surface area contributed by atoms with Gasteiger partial charge in [-0.15, -0.1) is 0 Å². The van der Waals surface area contributed by atoms with Gasteiger partial charge in [0, 0.05) is 10.6 Å². The topological polar surface area (TPSA) is 63.3 Å². The number of amides is 1. The average molecular weight is 248 g/mol. The van der Waals surface area contributed by atoms with Crippen LogP contribution in [0.4, 0.5) is 0 Å². The second kappa shape index (κ2) is 4.47. The number of benzene rings is 2. The highest BCUT2D eigenvalue weighted by Gasteiger charge is 2.12. The molecule has 2 aromatic carbocycles. The van der Waals surface area contributed by atoms with Crippen molar-refractivity contribution in [2.45, 2.75) is 0 Å². The summed E-state index contributed by atoms with van der Waals surface area (Å²) in [6, 6.07) is 11.9. The molecule has 0 heterocycles. The molecule has 2 aromatic rings. The van der Waals surface area contributed by atoms with Gasteiger partial charge in [0.15, 0.2) is 0 Å². The first kappa shape index (κ1) is 11.5. The van der Waals surface area contributed by atoms with Crippen LogP contribution in [0, 0.1) is 0 Å². The van der Waals surface area contributed by atoms with Crippen molar-refractivity contribution >= 4 is 17.5 Å². The molecule has 0 spiro atoms. The Balaban J connectivity index is 2.60. The Hall–Kier alpha value is -2.00. The van der Waals surface area contributed by atoms with E-state index in [9.17, 15) is 9.90 Å². The number of halogens is 1. The largest absolute Gasteiger partial charge is 0.506 e. The van der Waals surface area contributed by atoms with Crippen molar-refractivity contribution in [1.29, 1.82) is 0 Å². The molecule has 3 N–H and O–H groups in total. The standard InChI is InChI=1S/C13H10ClNO2/c14-9-4-1-3-8(7-9)10-5-2-6-11(12(10)16)13(15)17/h1-7,16H,(H2,15,17). The third kappa shape index (κ3) is 2.24. The molecule has 0 unspecified atom stereocenters. The van der Waals surface area contributed by atoms with E-state index in [0.29, 0.717) is 10.6 Å². The van der Waals surface area contributed by atoms with E-state index in [0.717, 1.165) is 5.56 Å². The minimum absolute atomic E-state index is 0.0995. The zero-order chi connectivity index (χ0) is 12.4. The molecule has 0 aromatic heterocycles. The molecule has 2 rings (SSSR count). The van der Waals surface area contributed by atoms with Crippen LogP contribution in [0.3, 0.4) is 0 Å². The molecule has 17 heavy (non-hydrogen) atoms. The Kier molecular flexibility index (Phi) is 3.02. The van der Waals surface area contributed by atoms with E-state index < -0.39 is 5.91 Å². The average Bonchev–Trinajstić information content (AvgIpc) is 2.29. The van der Waals surface area contributed by atoms with Gasteiger partial charge in [0.1, 0.15) is 5.75 Å². The fourth-order valence-corrected chi connectivity index (χ4v) is 1.82. The minimum Gasteiger partial charge on any atom is -0.506 e. The molecule has 0 bridgehead atoms. The summed E-state index contributed by atoms with van der Waals surface area (Å²) in [5, 5.41) is 10.5. The van der Waals surface area contributed by atoms with Crippen molar-refractivity contribution in [3.8, 4) is 16.9 Å². The Labute approximate surface area is 103 Å². The zero-order valence-corrected chi connectivity index (χ0v) is 9.61. The number of aromatic hydroxyl groups is 1. The highest BCUT2D eigenvalue weighted by Crippen LogP contribution is 2.32. The lowest BCUT2D eigenvalue weighted by Crippen LogP contribution is -2.11. The summed E-state index contributed by atoms with van der Waals surface area (Å²) in [5.41, 5.74) is 6.53. The molecule has 0 aliphatic heterocycles. The van der Waals surface area contributed by atoms with E-state index in [1.807, 2.05) is 0 Å². The van der Waals surface area contributed by atoms with Crippen LogP contribution >= 0.6 is 11.6 Å². The maximum absolute atomic E-state index is 11.1. The second-order valence-corrected chi connectivity index (χ2v) is 4.01. The molecule has 0 fully saturated rings. The van der Waals surface area contributed by atoms with E-state index in [1.165, 1.54) is 6.07 Å². The van der Waals surface area contributed by atoms with Gasteiger partial charge < -0.3 is 10.8 Å². The lowest BCUT2D eigenvalue weighted by atomic mass is 10.0. The van der Waals surface area contributed by atoms with E-state index in [-0.39, 0.29) is 11.3 Å². The Morgan fingerprint density at radius 1 is 1.18 bits per heavy atom. The molecule has 0 atom stereocenters. The lowest BCUT2D eigenvalue weighted by Gasteiger charge is -2.08. The van der Waals surface area contributed by atoms with Crippen LogP contribution in [0.5, 0.6) is 5.75 Å². The number of para-hydroxylation sites is 1.